The van der Waals surface area contributed by atoms with Crippen LogP contribution in [0.25, 0.3) is 0 Å². The number of nitrogens with one attached hydrogen (secondary N) is 1. The lowest BCUT2D eigenvalue weighted by molar-refractivity contribution is -0.120. The van der Waals surface area contributed by atoms with Gasteiger partial charge in [-0.05, 0) is 63.4 Å². The molecule has 1 aliphatic carbocycles. The first-order valence-corrected chi connectivity index (χ1v) is 10.4. The lowest BCUT2D eigenvalue weighted by atomic mass is 10.1. The number of amides is 2. The maximum Gasteiger partial charge on any atom is 0.251 e. The second-order valence-corrected chi connectivity index (χ2v) is 8.19. The molecular weight excluding hydrogens is 374 g/mol. The molecule has 0 fully saturated rings. The highest BCUT2D eigenvalue weighted by atomic mass is 32.1. The number of hydrogen-bond donors (Lipinski definition) is 2. The molecular formula is C21H27N3O3S. The third-order valence-electron chi connectivity index (χ3n) is 5.11. The first-order chi connectivity index (χ1) is 13.4. The van der Waals surface area contributed by atoms with Crippen LogP contribution in [0.3, 0.4) is 0 Å². The third-order valence-corrected chi connectivity index (χ3v) is 6.32. The Hall–Kier alpha value is -2.38. The summed E-state index contributed by atoms with van der Waals surface area (Å²) in [5.41, 5.74) is 8.18. The summed E-state index contributed by atoms with van der Waals surface area (Å²) in [4.78, 5) is 27.8. The van der Waals surface area contributed by atoms with Gasteiger partial charge in [-0.3, -0.25) is 14.5 Å². The van der Waals surface area contributed by atoms with E-state index in [2.05, 4.69) is 5.32 Å². The number of carbonyl (C=O) groups is 2. The van der Waals surface area contributed by atoms with Crippen LogP contribution < -0.4 is 15.8 Å². The van der Waals surface area contributed by atoms with Crippen molar-refractivity contribution in [2.75, 3.05) is 19.0 Å². The first kappa shape index (κ1) is 20.4. The van der Waals surface area contributed by atoms with Crippen molar-refractivity contribution in [1.29, 1.82) is 0 Å². The monoisotopic (exact) mass is 401 g/mol. The molecule has 2 amide bonds. The number of nitrogens with zero attached hydrogens (tertiary/aromatic N) is 1. The van der Waals surface area contributed by atoms with Crippen LogP contribution in [0, 0.1) is 0 Å². The standard InChI is InChI=1S/C21H27N3O3S/c1-4-27-15-10-8-14(9-11-15)12-24(3)13(2)20(26)23-21-18(19(22)25)16-6-5-7-17(16)28-21/h8-11,13H,4-7,12H2,1-3H3,(H2,22,25)(H,23,26)/t13-/m1/s1. The van der Waals surface area contributed by atoms with Crippen LogP contribution in [0.15, 0.2) is 24.3 Å². The highest BCUT2D eigenvalue weighted by Gasteiger charge is 2.27. The Bertz CT molecular complexity index is 861. The van der Waals surface area contributed by atoms with E-state index in [0.717, 1.165) is 36.1 Å². The molecule has 1 aliphatic rings. The quantitative estimate of drug-likeness (QED) is 0.711. The van der Waals surface area contributed by atoms with Gasteiger partial charge in [0.05, 0.1) is 18.2 Å². The van der Waals surface area contributed by atoms with Gasteiger partial charge in [0.25, 0.3) is 5.91 Å². The average molecular weight is 402 g/mol. The maximum atomic E-state index is 12.8. The number of nitrogens with two attached hydrogens (primary N) is 1. The Morgan fingerprint density at radius 2 is 2.00 bits per heavy atom. The van der Waals surface area contributed by atoms with E-state index in [4.69, 9.17) is 10.5 Å². The minimum atomic E-state index is -0.468. The van der Waals surface area contributed by atoms with Crippen molar-refractivity contribution in [1.82, 2.24) is 4.90 Å². The predicted molar refractivity (Wildman–Crippen MR) is 112 cm³/mol. The van der Waals surface area contributed by atoms with Crippen LogP contribution in [0.2, 0.25) is 0 Å². The lowest BCUT2D eigenvalue weighted by Gasteiger charge is -2.24. The fourth-order valence-electron chi connectivity index (χ4n) is 3.45. The molecule has 0 spiro atoms. The Kier molecular flexibility index (Phi) is 6.36. The number of thiophene rings is 1. The van der Waals surface area contributed by atoms with Gasteiger partial charge in [-0.2, -0.15) is 0 Å². The number of primary amides is 1. The van der Waals surface area contributed by atoms with E-state index in [9.17, 15) is 9.59 Å². The van der Waals surface area contributed by atoms with Gasteiger partial charge in [-0.25, -0.2) is 0 Å². The SMILES string of the molecule is CCOc1ccc(CN(C)[C@H](C)C(=O)Nc2sc3c(c2C(N)=O)CCC3)cc1. The molecule has 0 bridgehead atoms. The number of fused-ring (bicyclic) bond motifs is 1. The Morgan fingerprint density at radius 3 is 2.64 bits per heavy atom. The van der Waals surface area contributed by atoms with Gasteiger partial charge in [0.1, 0.15) is 10.8 Å². The van der Waals surface area contributed by atoms with Crippen molar-refractivity contribution in [3.63, 3.8) is 0 Å². The molecule has 0 radical (unpaired) electrons. The number of anilines is 1. The Labute approximate surface area is 169 Å². The highest BCUT2D eigenvalue weighted by molar-refractivity contribution is 7.17. The van der Waals surface area contributed by atoms with Crippen molar-refractivity contribution in [3.05, 3.63) is 45.8 Å². The molecule has 2 aromatic rings. The Morgan fingerprint density at radius 1 is 1.29 bits per heavy atom. The molecule has 0 saturated heterocycles. The summed E-state index contributed by atoms with van der Waals surface area (Å²) in [5, 5.41) is 3.52. The summed E-state index contributed by atoms with van der Waals surface area (Å²) in [6.07, 6.45) is 2.84. The fraction of sp³-hybridized carbons (Fsp3) is 0.429. The van der Waals surface area contributed by atoms with Gasteiger partial charge < -0.3 is 15.8 Å². The molecule has 150 valence electrons. The molecule has 3 N–H and O–H groups in total. The molecule has 3 rings (SSSR count). The van der Waals surface area contributed by atoms with E-state index >= 15 is 0 Å². The van der Waals surface area contributed by atoms with E-state index in [1.54, 1.807) is 0 Å². The van der Waals surface area contributed by atoms with E-state index in [1.165, 1.54) is 16.2 Å². The van der Waals surface area contributed by atoms with E-state index in [0.29, 0.717) is 23.7 Å². The van der Waals surface area contributed by atoms with Gasteiger partial charge in [0, 0.05) is 11.4 Å². The zero-order chi connectivity index (χ0) is 20.3. The molecule has 1 atom stereocenters. The van der Waals surface area contributed by atoms with Crippen molar-refractivity contribution in [2.24, 2.45) is 5.73 Å². The Balaban J connectivity index is 1.65. The number of benzene rings is 1. The normalized spacial score (nSPS) is 14.0. The van der Waals surface area contributed by atoms with Crippen LogP contribution in [0.1, 0.15) is 46.6 Å². The third kappa shape index (κ3) is 4.36. The minimum Gasteiger partial charge on any atom is -0.494 e. The van der Waals surface area contributed by atoms with Crippen LogP contribution >= 0.6 is 11.3 Å². The largest absolute Gasteiger partial charge is 0.494 e. The molecule has 6 nitrogen and oxygen atoms in total. The molecule has 7 heteroatoms. The van der Waals surface area contributed by atoms with Crippen LogP contribution in [0.5, 0.6) is 5.75 Å². The number of aryl methyl sites for hydroxylation is 1. The number of rotatable bonds is 8. The molecule has 0 saturated carbocycles. The number of hydrogen-bond acceptors (Lipinski definition) is 5. The average Bonchev–Trinajstić information content (AvgIpc) is 3.23. The summed E-state index contributed by atoms with van der Waals surface area (Å²) in [7, 11) is 1.91. The summed E-state index contributed by atoms with van der Waals surface area (Å²) < 4.78 is 5.46. The first-order valence-electron chi connectivity index (χ1n) is 9.57. The second-order valence-electron chi connectivity index (χ2n) is 7.08. The summed E-state index contributed by atoms with van der Waals surface area (Å²) >= 11 is 1.48. The van der Waals surface area contributed by atoms with Crippen molar-refractivity contribution in [3.8, 4) is 5.75 Å². The van der Waals surface area contributed by atoms with Crippen molar-refractivity contribution < 1.29 is 14.3 Å². The number of carbonyl (C=O) groups excluding carboxylic acids is 2. The predicted octanol–water partition coefficient (Wildman–Crippen LogP) is 3.19. The topological polar surface area (TPSA) is 84.7 Å². The van der Waals surface area contributed by atoms with Gasteiger partial charge in [0.15, 0.2) is 0 Å². The van der Waals surface area contributed by atoms with E-state index in [-0.39, 0.29) is 11.9 Å². The second kappa shape index (κ2) is 8.75. The van der Waals surface area contributed by atoms with Crippen molar-refractivity contribution >= 4 is 28.2 Å². The van der Waals surface area contributed by atoms with Crippen LogP contribution in [0.4, 0.5) is 5.00 Å². The zero-order valence-electron chi connectivity index (χ0n) is 16.6. The summed E-state index contributed by atoms with van der Waals surface area (Å²) in [5.74, 6) is 0.227. The number of likely N-dealkylation sites (N-methyl/N-ethyl adjacent to an activating group) is 1. The fourth-order valence-corrected chi connectivity index (χ4v) is 4.75. The van der Waals surface area contributed by atoms with E-state index in [1.807, 2.05) is 50.1 Å². The molecule has 0 unspecified atom stereocenters. The minimum absolute atomic E-state index is 0.143. The highest BCUT2D eigenvalue weighted by Crippen LogP contribution is 2.38. The maximum absolute atomic E-state index is 12.8. The lowest BCUT2D eigenvalue weighted by Crippen LogP contribution is -2.39. The van der Waals surface area contributed by atoms with Gasteiger partial charge >= 0.3 is 0 Å². The number of ether oxygens (including phenoxy) is 1. The van der Waals surface area contributed by atoms with Gasteiger partial charge in [-0.1, -0.05) is 12.1 Å². The van der Waals surface area contributed by atoms with E-state index < -0.39 is 5.91 Å². The molecule has 0 aliphatic heterocycles. The molecule has 1 heterocycles. The van der Waals surface area contributed by atoms with Gasteiger partial charge in [0.2, 0.25) is 5.91 Å². The molecule has 28 heavy (non-hydrogen) atoms. The van der Waals surface area contributed by atoms with Crippen LogP contribution in [-0.2, 0) is 24.2 Å². The van der Waals surface area contributed by atoms with Gasteiger partial charge in [-0.15, -0.1) is 11.3 Å². The zero-order valence-corrected chi connectivity index (χ0v) is 17.4. The molecule has 1 aromatic heterocycles. The summed E-state index contributed by atoms with van der Waals surface area (Å²) in [6, 6.07) is 7.51. The summed E-state index contributed by atoms with van der Waals surface area (Å²) in [6.45, 7) is 5.07. The van der Waals surface area contributed by atoms with Crippen LogP contribution in [-0.4, -0.2) is 36.4 Å². The van der Waals surface area contributed by atoms with Crippen molar-refractivity contribution in [2.45, 2.75) is 45.7 Å². The smallest absolute Gasteiger partial charge is 0.251 e. The molecule has 1 aromatic carbocycles.